The van der Waals surface area contributed by atoms with Gasteiger partial charge < -0.3 is 4.98 Å². The second-order valence-electron chi connectivity index (χ2n) is 3.60. The molecule has 98 valence electrons. The number of anilines is 1. The lowest BCUT2D eigenvalue weighted by Gasteiger charge is -2.03. The minimum absolute atomic E-state index is 0.0272. The topological polar surface area (TPSA) is 121 Å². The molecular weight excluding hydrogens is 274 g/mol. The van der Waals surface area contributed by atoms with Crippen molar-refractivity contribution in [1.82, 2.24) is 19.9 Å². The minimum atomic E-state index is -0.806. The number of amides is 1. The first-order chi connectivity index (χ1) is 8.95. The lowest BCUT2D eigenvalue weighted by molar-refractivity contribution is 0.102. The molecule has 0 aliphatic carbocycles. The monoisotopic (exact) mass is 281 g/mol. The fourth-order valence-electron chi connectivity index (χ4n) is 1.33. The van der Waals surface area contributed by atoms with Crippen LogP contribution < -0.4 is 16.6 Å². The van der Waals surface area contributed by atoms with Crippen LogP contribution in [0.2, 0.25) is 5.15 Å². The molecule has 2 rings (SSSR count). The number of rotatable bonds is 2. The quantitative estimate of drug-likeness (QED) is 0.673. The van der Waals surface area contributed by atoms with Crippen molar-refractivity contribution >= 4 is 23.5 Å². The van der Waals surface area contributed by atoms with Gasteiger partial charge in [0.2, 0.25) is 5.95 Å². The Morgan fingerprint density at radius 2 is 2.11 bits per heavy atom. The third-order valence-electron chi connectivity index (χ3n) is 2.11. The number of halogens is 1. The number of carbonyl (C=O) groups excluding carboxylic acids is 1. The van der Waals surface area contributed by atoms with Gasteiger partial charge in [0, 0.05) is 11.9 Å². The standard InChI is InChI=1S/C10H8ClN5O3/c1-4-2-6(11)14-9(13-4)15-7(17)5-3-12-10(19)16-8(5)18/h2-3H,1H3,(H2,12,16,18,19)(H,13,14,15,17). The Balaban J connectivity index is 2.30. The second kappa shape index (κ2) is 5.02. The average Bonchev–Trinajstić information content (AvgIpc) is 2.26. The molecule has 9 heteroatoms. The number of hydrogen-bond acceptors (Lipinski definition) is 5. The molecule has 0 aliphatic heterocycles. The number of aryl methyl sites for hydroxylation is 1. The molecule has 0 spiro atoms. The Hall–Kier alpha value is -2.48. The first kappa shape index (κ1) is 13.0. The van der Waals surface area contributed by atoms with E-state index in [0.717, 1.165) is 6.20 Å². The molecule has 19 heavy (non-hydrogen) atoms. The number of aromatic nitrogens is 4. The molecule has 3 N–H and O–H groups in total. The molecule has 8 nitrogen and oxygen atoms in total. The van der Waals surface area contributed by atoms with Crippen molar-refractivity contribution in [2.45, 2.75) is 6.92 Å². The highest BCUT2D eigenvalue weighted by atomic mass is 35.5. The summed E-state index contributed by atoms with van der Waals surface area (Å²) in [5.41, 5.74) is -1.21. The van der Waals surface area contributed by atoms with Crippen LogP contribution >= 0.6 is 11.6 Å². The van der Waals surface area contributed by atoms with Crippen molar-refractivity contribution in [3.63, 3.8) is 0 Å². The summed E-state index contributed by atoms with van der Waals surface area (Å²) in [6.45, 7) is 1.68. The van der Waals surface area contributed by atoms with Crippen molar-refractivity contribution in [1.29, 1.82) is 0 Å². The first-order valence-corrected chi connectivity index (χ1v) is 5.48. The lowest BCUT2D eigenvalue weighted by Crippen LogP contribution is -2.30. The van der Waals surface area contributed by atoms with Gasteiger partial charge in [0.25, 0.3) is 11.5 Å². The van der Waals surface area contributed by atoms with E-state index in [1.807, 2.05) is 4.98 Å². The fourth-order valence-corrected chi connectivity index (χ4v) is 1.57. The van der Waals surface area contributed by atoms with Gasteiger partial charge in [-0.2, -0.15) is 0 Å². The van der Waals surface area contributed by atoms with Gasteiger partial charge in [-0.25, -0.2) is 14.8 Å². The van der Waals surface area contributed by atoms with Crippen LogP contribution in [0.3, 0.4) is 0 Å². The van der Waals surface area contributed by atoms with Gasteiger partial charge in [0.1, 0.15) is 10.7 Å². The lowest BCUT2D eigenvalue weighted by atomic mass is 10.3. The van der Waals surface area contributed by atoms with E-state index in [1.165, 1.54) is 6.07 Å². The highest BCUT2D eigenvalue weighted by molar-refractivity contribution is 6.29. The van der Waals surface area contributed by atoms with Crippen LogP contribution in [0.25, 0.3) is 0 Å². The SMILES string of the molecule is Cc1cc(Cl)nc(NC(=O)c2c[nH]c(=O)[nH]c2=O)n1. The molecule has 0 aromatic carbocycles. The number of hydrogen-bond donors (Lipinski definition) is 3. The van der Waals surface area contributed by atoms with Crippen LogP contribution in [-0.2, 0) is 0 Å². The smallest absolute Gasteiger partial charge is 0.313 e. The molecule has 2 heterocycles. The first-order valence-electron chi connectivity index (χ1n) is 5.10. The van der Waals surface area contributed by atoms with E-state index in [1.54, 1.807) is 6.92 Å². The highest BCUT2D eigenvalue weighted by Crippen LogP contribution is 2.09. The van der Waals surface area contributed by atoms with Crippen molar-refractivity contribution < 1.29 is 4.79 Å². The van der Waals surface area contributed by atoms with Gasteiger partial charge in [-0.3, -0.25) is 19.9 Å². The predicted octanol–water partition coefficient (Wildman–Crippen LogP) is 0.0673. The summed E-state index contributed by atoms with van der Waals surface area (Å²) < 4.78 is 0. The maximum absolute atomic E-state index is 11.8. The predicted molar refractivity (Wildman–Crippen MR) is 67.4 cm³/mol. The summed E-state index contributed by atoms with van der Waals surface area (Å²) in [6, 6.07) is 1.52. The zero-order valence-corrected chi connectivity index (χ0v) is 10.4. The van der Waals surface area contributed by atoms with Gasteiger partial charge in [-0.15, -0.1) is 0 Å². The molecule has 1 amide bonds. The molecule has 0 aliphatic rings. The van der Waals surface area contributed by atoms with E-state index in [0.29, 0.717) is 5.69 Å². The van der Waals surface area contributed by atoms with Crippen molar-refractivity contribution in [3.05, 3.63) is 49.5 Å². The molecule has 0 atom stereocenters. The second-order valence-corrected chi connectivity index (χ2v) is 3.98. The fraction of sp³-hybridized carbons (Fsp3) is 0.100. The van der Waals surface area contributed by atoms with E-state index in [4.69, 9.17) is 11.6 Å². The third kappa shape index (κ3) is 3.05. The molecule has 0 radical (unpaired) electrons. The Morgan fingerprint density at radius 3 is 2.74 bits per heavy atom. The van der Waals surface area contributed by atoms with E-state index in [-0.39, 0.29) is 16.7 Å². The number of aromatic amines is 2. The Morgan fingerprint density at radius 1 is 1.37 bits per heavy atom. The van der Waals surface area contributed by atoms with Crippen molar-refractivity contribution in [2.24, 2.45) is 0 Å². The minimum Gasteiger partial charge on any atom is -0.313 e. The zero-order chi connectivity index (χ0) is 14.0. The maximum Gasteiger partial charge on any atom is 0.325 e. The van der Waals surface area contributed by atoms with Crippen LogP contribution in [-0.4, -0.2) is 25.8 Å². The van der Waals surface area contributed by atoms with Gasteiger partial charge in [-0.1, -0.05) is 11.6 Å². The molecule has 0 unspecified atom stereocenters. The molecule has 0 fully saturated rings. The van der Waals surface area contributed by atoms with Crippen molar-refractivity contribution in [2.75, 3.05) is 5.32 Å². The zero-order valence-electron chi connectivity index (χ0n) is 9.65. The Labute approximate surface area is 110 Å². The van der Waals surface area contributed by atoms with Gasteiger partial charge in [0.15, 0.2) is 0 Å². The number of carbonyl (C=O) groups is 1. The van der Waals surface area contributed by atoms with Crippen LogP contribution in [0.5, 0.6) is 0 Å². The summed E-state index contributed by atoms with van der Waals surface area (Å²) in [6.07, 6.45) is 1.01. The van der Waals surface area contributed by atoms with Crippen LogP contribution in [0.4, 0.5) is 5.95 Å². The third-order valence-corrected chi connectivity index (χ3v) is 2.31. The maximum atomic E-state index is 11.8. The largest absolute Gasteiger partial charge is 0.325 e. The molecular formula is C10H8ClN5O3. The number of nitrogens with zero attached hydrogens (tertiary/aromatic N) is 2. The van der Waals surface area contributed by atoms with Gasteiger partial charge >= 0.3 is 5.69 Å². The normalized spacial score (nSPS) is 10.2. The van der Waals surface area contributed by atoms with Crippen LogP contribution in [0.1, 0.15) is 16.1 Å². The molecule has 2 aromatic heterocycles. The summed E-state index contributed by atoms with van der Waals surface area (Å²) in [5, 5.41) is 2.48. The van der Waals surface area contributed by atoms with E-state index in [2.05, 4.69) is 20.3 Å². The van der Waals surface area contributed by atoms with Crippen LogP contribution in [0.15, 0.2) is 21.9 Å². The average molecular weight is 282 g/mol. The number of nitrogens with one attached hydrogen (secondary N) is 3. The highest BCUT2D eigenvalue weighted by Gasteiger charge is 2.13. The Bertz CT molecular complexity index is 731. The molecule has 2 aromatic rings. The summed E-state index contributed by atoms with van der Waals surface area (Å²) in [7, 11) is 0. The van der Waals surface area contributed by atoms with Crippen LogP contribution in [0, 0.1) is 6.92 Å². The summed E-state index contributed by atoms with van der Waals surface area (Å²) in [5.74, 6) is -0.778. The number of H-pyrrole nitrogens is 2. The summed E-state index contributed by atoms with van der Waals surface area (Å²) in [4.78, 5) is 45.9. The van der Waals surface area contributed by atoms with Gasteiger partial charge in [-0.05, 0) is 13.0 Å². The summed E-state index contributed by atoms with van der Waals surface area (Å²) >= 11 is 5.71. The van der Waals surface area contributed by atoms with E-state index < -0.39 is 17.2 Å². The molecule has 0 bridgehead atoms. The van der Waals surface area contributed by atoms with Crippen molar-refractivity contribution in [3.8, 4) is 0 Å². The van der Waals surface area contributed by atoms with Gasteiger partial charge in [0.05, 0.1) is 0 Å². The van der Waals surface area contributed by atoms with E-state index >= 15 is 0 Å². The Kier molecular flexibility index (Phi) is 3.43. The molecule has 0 saturated carbocycles. The van der Waals surface area contributed by atoms with E-state index in [9.17, 15) is 14.4 Å². The molecule has 0 saturated heterocycles.